The number of rotatable bonds is 7. The number of hydrogen-bond donors (Lipinski definition) is 2. The van der Waals surface area contributed by atoms with Crippen LogP contribution in [-0.4, -0.2) is 37.1 Å². The molecule has 2 aromatic rings. The van der Waals surface area contributed by atoms with Crippen molar-refractivity contribution in [3.05, 3.63) is 65.5 Å². The first-order valence-corrected chi connectivity index (χ1v) is 8.22. The molecule has 7 heteroatoms. The Balaban J connectivity index is 2.18. The van der Waals surface area contributed by atoms with Crippen molar-refractivity contribution in [2.45, 2.75) is 13.0 Å². The second-order valence-corrected chi connectivity index (χ2v) is 5.70. The maximum absolute atomic E-state index is 13.4. The van der Waals surface area contributed by atoms with E-state index in [4.69, 9.17) is 5.73 Å². The number of anilines is 1. The van der Waals surface area contributed by atoms with E-state index >= 15 is 0 Å². The number of nitrogens with one attached hydrogen (secondary N) is 1. The van der Waals surface area contributed by atoms with Crippen LogP contribution in [0.2, 0.25) is 0 Å². The summed E-state index contributed by atoms with van der Waals surface area (Å²) in [5.41, 5.74) is 7.23. The van der Waals surface area contributed by atoms with E-state index in [0.29, 0.717) is 31.7 Å². The third-order valence-corrected chi connectivity index (χ3v) is 3.72. The highest BCUT2D eigenvalue weighted by Crippen LogP contribution is 2.16. The molecule has 2 amide bonds. The summed E-state index contributed by atoms with van der Waals surface area (Å²) in [6.07, 6.45) is 0.0548. The fourth-order valence-electron chi connectivity index (χ4n) is 2.48. The Labute approximate surface area is 151 Å². The van der Waals surface area contributed by atoms with Crippen LogP contribution < -0.4 is 11.1 Å². The van der Waals surface area contributed by atoms with Gasteiger partial charge in [-0.2, -0.15) is 0 Å². The Kier molecular flexibility index (Phi) is 7.11. The molecule has 0 aliphatic rings. The minimum atomic E-state index is -0.571. The fraction of sp³-hybridized carbons (Fsp3) is 0.263. The third kappa shape index (κ3) is 5.56. The molecule has 3 N–H and O–H groups in total. The smallest absolute Gasteiger partial charge is 0.411 e. The highest BCUT2D eigenvalue weighted by Gasteiger charge is 2.16. The Hall–Kier alpha value is -2.93. The van der Waals surface area contributed by atoms with Crippen molar-refractivity contribution in [2.24, 2.45) is 5.73 Å². The summed E-state index contributed by atoms with van der Waals surface area (Å²) in [6, 6.07) is 12.7. The van der Waals surface area contributed by atoms with Gasteiger partial charge in [0.05, 0.1) is 7.11 Å². The number of carbonyl (C=O) groups excluding carboxylic acids is 2. The predicted octanol–water partition coefficient (Wildman–Crippen LogP) is 3.00. The highest BCUT2D eigenvalue weighted by atomic mass is 19.1. The van der Waals surface area contributed by atoms with E-state index in [2.05, 4.69) is 10.1 Å². The van der Waals surface area contributed by atoms with Crippen molar-refractivity contribution in [3.63, 3.8) is 0 Å². The third-order valence-electron chi connectivity index (χ3n) is 3.72. The van der Waals surface area contributed by atoms with Crippen molar-refractivity contribution >= 4 is 17.7 Å². The van der Waals surface area contributed by atoms with Gasteiger partial charge in [-0.3, -0.25) is 10.1 Å². The number of ether oxygens (including phenoxy) is 1. The first-order valence-electron chi connectivity index (χ1n) is 8.22. The van der Waals surface area contributed by atoms with Gasteiger partial charge in [-0.05, 0) is 48.9 Å². The largest absolute Gasteiger partial charge is 0.453 e. The topological polar surface area (TPSA) is 84.7 Å². The Bertz CT molecular complexity index is 767. The van der Waals surface area contributed by atoms with Gasteiger partial charge < -0.3 is 15.4 Å². The molecule has 6 nitrogen and oxygen atoms in total. The van der Waals surface area contributed by atoms with Crippen LogP contribution in [0.25, 0.3) is 0 Å². The molecule has 0 spiro atoms. The van der Waals surface area contributed by atoms with Crippen molar-refractivity contribution in [1.29, 1.82) is 0 Å². The van der Waals surface area contributed by atoms with E-state index in [1.165, 1.54) is 25.3 Å². The normalized spacial score (nSPS) is 10.3. The zero-order valence-electron chi connectivity index (χ0n) is 14.6. The van der Waals surface area contributed by atoms with Crippen LogP contribution in [0.15, 0.2) is 48.5 Å². The van der Waals surface area contributed by atoms with Gasteiger partial charge in [0.1, 0.15) is 5.82 Å². The molecule has 0 fully saturated rings. The summed E-state index contributed by atoms with van der Waals surface area (Å²) in [7, 11) is 1.28. The molecule has 0 aliphatic carbocycles. The molecule has 0 aromatic heterocycles. The second kappa shape index (κ2) is 9.53. The molecule has 0 atom stereocenters. The lowest BCUT2D eigenvalue weighted by molar-refractivity contribution is 0.0741. The lowest BCUT2D eigenvalue weighted by Gasteiger charge is -2.23. The van der Waals surface area contributed by atoms with E-state index in [0.717, 1.165) is 5.56 Å². The minimum Gasteiger partial charge on any atom is -0.453 e. The van der Waals surface area contributed by atoms with Gasteiger partial charge in [0.25, 0.3) is 5.91 Å². The van der Waals surface area contributed by atoms with Crippen LogP contribution in [-0.2, 0) is 11.3 Å². The van der Waals surface area contributed by atoms with Crippen LogP contribution in [0.3, 0.4) is 0 Å². The molecule has 26 heavy (non-hydrogen) atoms. The van der Waals surface area contributed by atoms with Crippen molar-refractivity contribution in [1.82, 2.24) is 4.90 Å². The summed E-state index contributed by atoms with van der Waals surface area (Å²) in [4.78, 5) is 25.7. The SMILES string of the molecule is COC(=O)Nc1cccc(CN(CCCN)C(=O)c2cccc(F)c2)c1. The predicted molar refractivity (Wildman–Crippen MR) is 97.3 cm³/mol. The summed E-state index contributed by atoms with van der Waals surface area (Å²) in [5.74, 6) is -0.733. The van der Waals surface area contributed by atoms with Gasteiger partial charge in [-0.1, -0.05) is 18.2 Å². The first-order chi connectivity index (χ1) is 12.5. The van der Waals surface area contributed by atoms with Gasteiger partial charge in [0.15, 0.2) is 0 Å². The molecule has 2 rings (SSSR count). The average molecular weight is 359 g/mol. The van der Waals surface area contributed by atoms with Crippen LogP contribution >= 0.6 is 0 Å². The van der Waals surface area contributed by atoms with Crippen LogP contribution in [0.5, 0.6) is 0 Å². The fourth-order valence-corrected chi connectivity index (χ4v) is 2.48. The number of methoxy groups -OCH3 is 1. The molecule has 0 radical (unpaired) electrons. The van der Waals surface area contributed by atoms with E-state index in [1.54, 1.807) is 29.2 Å². The van der Waals surface area contributed by atoms with E-state index in [9.17, 15) is 14.0 Å². The lowest BCUT2D eigenvalue weighted by atomic mass is 10.1. The second-order valence-electron chi connectivity index (χ2n) is 5.70. The van der Waals surface area contributed by atoms with E-state index in [1.807, 2.05) is 6.07 Å². The summed E-state index contributed by atoms with van der Waals surface area (Å²) in [5, 5.41) is 2.58. The molecule has 0 saturated heterocycles. The molecule has 0 unspecified atom stereocenters. The molecule has 0 aliphatic heterocycles. The van der Waals surface area contributed by atoms with Crippen molar-refractivity contribution < 1.29 is 18.7 Å². The van der Waals surface area contributed by atoms with Crippen molar-refractivity contribution in [3.8, 4) is 0 Å². The maximum atomic E-state index is 13.4. The molecule has 0 bridgehead atoms. The number of nitrogens with zero attached hydrogens (tertiary/aromatic N) is 1. The molecular formula is C19H22FN3O3. The number of halogens is 1. The molecule has 0 saturated carbocycles. The van der Waals surface area contributed by atoms with Gasteiger partial charge in [-0.15, -0.1) is 0 Å². The molecule has 0 heterocycles. The Morgan fingerprint density at radius 3 is 2.65 bits per heavy atom. The van der Waals surface area contributed by atoms with Gasteiger partial charge >= 0.3 is 6.09 Å². The van der Waals surface area contributed by atoms with Gasteiger partial charge in [0, 0.05) is 24.3 Å². The quantitative estimate of drug-likeness (QED) is 0.796. The molecule has 2 aromatic carbocycles. The van der Waals surface area contributed by atoms with E-state index < -0.39 is 11.9 Å². The number of hydrogen-bond acceptors (Lipinski definition) is 4. The summed E-state index contributed by atoms with van der Waals surface area (Å²) < 4.78 is 18.0. The van der Waals surface area contributed by atoms with E-state index in [-0.39, 0.29) is 11.5 Å². The minimum absolute atomic E-state index is 0.274. The number of nitrogens with two attached hydrogens (primary N) is 1. The number of carbonyl (C=O) groups is 2. The first kappa shape index (κ1) is 19.4. The van der Waals surface area contributed by atoms with Gasteiger partial charge in [0.2, 0.25) is 0 Å². The maximum Gasteiger partial charge on any atom is 0.411 e. The molecular weight excluding hydrogens is 337 g/mol. The van der Waals surface area contributed by atoms with Crippen LogP contribution in [0, 0.1) is 5.82 Å². The Morgan fingerprint density at radius 1 is 1.19 bits per heavy atom. The summed E-state index contributed by atoms with van der Waals surface area (Å²) >= 11 is 0. The Morgan fingerprint density at radius 2 is 1.96 bits per heavy atom. The highest BCUT2D eigenvalue weighted by molar-refractivity contribution is 5.94. The number of amides is 2. The van der Waals surface area contributed by atoms with Gasteiger partial charge in [-0.25, -0.2) is 9.18 Å². The van der Waals surface area contributed by atoms with Crippen LogP contribution in [0.4, 0.5) is 14.9 Å². The summed E-state index contributed by atoms with van der Waals surface area (Å²) in [6.45, 7) is 1.20. The zero-order valence-corrected chi connectivity index (χ0v) is 14.6. The molecule has 138 valence electrons. The van der Waals surface area contributed by atoms with Crippen molar-refractivity contribution in [2.75, 3.05) is 25.5 Å². The monoisotopic (exact) mass is 359 g/mol. The standard InChI is InChI=1S/C19H22FN3O3/c1-26-19(25)22-17-8-2-5-14(11-17)13-23(10-4-9-21)18(24)15-6-3-7-16(20)12-15/h2-3,5-8,11-12H,4,9-10,13,21H2,1H3,(H,22,25). The average Bonchev–Trinajstić information content (AvgIpc) is 2.64. The lowest BCUT2D eigenvalue weighted by Crippen LogP contribution is -2.32. The van der Waals surface area contributed by atoms with Crippen LogP contribution in [0.1, 0.15) is 22.3 Å². The zero-order chi connectivity index (χ0) is 18.9. The number of benzene rings is 2.